The molecule has 0 aliphatic carbocycles. The highest BCUT2D eigenvalue weighted by atomic mass is 16.5. The van der Waals surface area contributed by atoms with E-state index in [2.05, 4.69) is 43.4 Å². The summed E-state index contributed by atoms with van der Waals surface area (Å²) in [5, 5.41) is 3.47. The molecule has 102 valence electrons. The lowest BCUT2D eigenvalue weighted by atomic mass is 9.94. The second-order valence-corrected chi connectivity index (χ2v) is 5.00. The molecule has 0 bridgehead atoms. The highest BCUT2D eigenvalue weighted by Gasteiger charge is 2.09. The lowest BCUT2D eigenvalue weighted by Crippen LogP contribution is -2.24. The third-order valence-electron chi connectivity index (χ3n) is 3.29. The summed E-state index contributed by atoms with van der Waals surface area (Å²) in [5.41, 5.74) is 2.78. The second kappa shape index (κ2) is 9.12. The van der Waals surface area contributed by atoms with Crippen molar-refractivity contribution in [2.45, 2.75) is 33.1 Å². The summed E-state index contributed by atoms with van der Waals surface area (Å²) in [6.07, 6.45) is 3.55. The molecule has 1 N–H and O–H groups in total. The minimum absolute atomic E-state index is 0.711. The lowest BCUT2D eigenvalue weighted by Gasteiger charge is -2.17. The van der Waals surface area contributed by atoms with Gasteiger partial charge in [0.2, 0.25) is 0 Å². The largest absolute Gasteiger partial charge is 0.385 e. The first-order chi connectivity index (χ1) is 8.76. The van der Waals surface area contributed by atoms with Gasteiger partial charge in [-0.1, -0.05) is 36.8 Å². The summed E-state index contributed by atoms with van der Waals surface area (Å²) in [5.74, 6) is 0.711. The van der Waals surface area contributed by atoms with Gasteiger partial charge in [-0.2, -0.15) is 0 Å². The predicted octanol–water partition coefficient (Wildman–Crippen LogP) is 3.19. The molecule has 0 spiro atoms. The molecule has 2 nitrogen and oxygen atoms in total. The quantitative estimate of drug-likeness (QED) is 0.679. The van der Waals surface area contributed by atoms with Crippen LogP contribution < -0.4 is 5.32 Å². The summed E-state index contributed by atoms with van der Waals surface area (Å²) in [6.45, 7) is 7.33. The first kappa shape index (κ1) is 15.2. The van der Waals surface area contributed by atoms with Gasteiger partial charge in [-0.25, -0.2) is 0 Å². The molecule has 0 aliphatic rings. The Hall–Kier alpha value is -0.860. The molecule has 1 unspecified atom stereocenters. The van der Waals surface area contributed by atoms with Crippen molar-refractivity contribution in [2.24, 2.45) is 5.92 Å². The fraction of sp³-hybridized carbons (Fsp3) is 0.625. The molecule has 0 radical (unpaired) electrons. The zero-order valence-corrected chi connectivity index (χ0v) is 12.0. The summed E-state index contributed by atoms with van der Waals surface area (Å²) in [7, 11) is 1.78. The molecule has 1 atom stereocenters. The van der Waals surface area contributed by atoms with Crippen LogP contribution in [0.4, 0.5) is 0 Å². The Balaban J connectivity index is 2.45. The van der Waals surface area contributed by atoms with Crippen LogP contribution >= 0.6 is 0 Å². The van der Waals surface area contributed by atoms with Crippen LogP contribution in [0.15, 0.2) is 24.3 Å². The zero-order valence-electron chi connectivity index (χ0n) is 12.0. The number of aryl methyl sites for hydroxylation is 1. The molecule has 0 aromatic heterocycles. The van der Waals surface area contributed by atoms with Crippen LogP contribution in [0.1, 0.15) is 30.9 Å². The summed E-state index contributed by atoms with van der Waals surface area (Å²) in [4.78, 5) is 0. The van der Waals surface area contributed by atoms with E-state index < -0.39 is 0 Å². The van der Waals surface area contributed by atoms with Crippen molar-refractivity contribution in [3.8, 4) is 0 Å². The molecule has 0 heterocycles. The van der Waals surface area contributed by atoms with E-state index in [9.17, 15) is 0 Å². The van der Waals surface area contributed by atoms with Crippen LogP contribution in [0.5, 0.6) is 0 Å². The van der Waals surface area contributed by atoms with Crippen molar-refractivity contribution in [1.82, 2.24) is 5.32 Å². The van der Waals surface area contributed by atoms with E-state index in [-0.39, 0.29) is 0 Å². The Labute approximate surface area is 112 Å². The Morgan fingerprint density at radius 1 is 1.22 bits per heavy atom. The fourth-order valence-corrected chi connectivity index (χ4v) is 2.20. The van der Waals surface area contributed by atoms with E-state index in [1.807, 2.05) is 0 Å². The van der Waals surface area contributed by atoms with Gasteiger partial charge in [0.25, 0.3) is 0 Å². The van der Waals surface area contributed by atoms with Gasteiger partial charge in [0.15, 0.2) is 0 Å². The maximum absolute atomic E-state index is 5.14. The van der Waals surface area contributed by atoms with Gasteiger partial charge in [-0.15, -0.1) is 0 Å². The van der Waals surface area contributed by atoms with Gasteiger partial charge >= 0.3 is 0 Å². The number of ether oxygens (including phenoxy) is 1. The second-order valence-electron chi connectivity index (χ2n) is 5.00. The molecule has 1 aromatic rings. The van der Waals surface area contributed by atoms with Gasteiger partial charge < -0.3 is 10.1 Å². The minimum Gasteiger partial charge on any atom is -0.385 e. The minimum atomic E-state index is 0.711. The Morgan fingerprint density at radius 2 is 1.94 bits per heavy atom. The lowest BCUT2D eigenvalue weighted by molar-refractivity contribution is 0.186. The summed E-state index contributed by atoms with van der Waals surface area (Å²) >= 11 is 0. The number of benzene rings is 1. The van der Waals surface area contributed by atoms with Crippen LogP contribution in [0.2, 0.25) is 0 Å². The molecule has 2 heteroatoms. The number of hydrogen-bond acceptors (Lipinski definition) is 2. The Bertz CT molecular complexity index is 307. The van der Waals surface area contributed by atoms with Crippen molar-refractivity contribution < 1.29 is 4.74 Å². The number of rotatable bonds is 9. The third-order valence-corrected chi connectivity index (χ3v) is 3.29. The Kier molecular flexibility index (Phi) is 7.70. The van der Waals surface area contributed by atoms with E-state index in [1.54, 1.807) is 7.11 Å². The van der Waals surface area contributed by atoms with Gasteiger partial charge in [-0.05, 0) is 50.8 Å². The van der Waals surface area contributed by atoms with Crippen molar-refractivity contribution in [3.05, 3.63) is 35.4 Å². The fourth-order valence-electron chi connectivity index (χ4n) is 2.20. The monoisotopic (exact) mass is 249 g/mol. The molecular weight excluding hydrogens is 222 g/mol. The molecule has 0 fully saturated rings. The molecule has 0 amide bonds. The van der Waals surface area contributed by atoms with Gasteiger partial charge in [0, 0.05) is 13.7 Å². The number of nitrogens with one attached hydrogen (secondary N) is 1. The maximum Gasteiger partial charge on any atom is 0.0462 e. The van der Waals surface area contributed by atoms with Crippen molar-refractivity contribution >= 4 is 0 Å². The molecule has 0 saturated carbocycles. The summed E-state index contributed by atoms with van der Waals surface area (Å²) in [6, 6.07) is 8.92. The number of methoxy groups -OCH3 is 1. The maximum atomic E-state index is 5.14. The average Bonchev–Trinajstić information content (AvgIpc) is 2.38. The molecule has 0 saturated heterocycles. The van der Waals surface area contributed by atoms with E-state index in [1.165, 1.54) is 17.5 Å². The van der Waals surface area contributed by atoms with Crippen LogP contribution in [0, 0.1) is 12.8 Å². The Morgan fingerprint density at radius 3 is 2.56 bits per heavy atom. The van der Waals surface area contributed by atoms with Crippen LogP contribution in [-0.2, 0) is 11.2 Å². The van der Waals surface area contributed by atoms with E-state index in [0.717, 1.165) is 32.5 Å². The van der Waals surface area contributed by atoms with E-state index in [4.69, 9.17) is 4.74 Å². The highest BCUT2D eigenvalue weighted by molar-refractivity contribution is 5.21. The van der Waals surface area contributed by atoms with Crippen LogP contribution in [0.3, 0.4) is 0 Å². The SMILES string of the molecule is CCNCC(CCCOC)Cc1ccc(C)cc1. The van der Waals surface area contributed by atoms with E-state index in [0.29, 0.717) is 5.92 Å². The third kappa shape index (κ3) is 6.18. The summed E-state index contributed by atoms with van der Waals surface area (Å²) < 4.78 is 5.14. The molecule has 1 aromatic carbocycles. The van der Waals surface area contributed by atoms with Crippen LogP contribution in [-0.4, -0.2) is 26.8 Å². The highest BCUT2D eigenvalue weighted by Crippen LogP contribution is 2.14. The van der Waals surface area contributed by atoms with Crippen molar-refractivity contribution in [1.29, 1.82) is 0 Å². The number of hydrogen-bond donors (Lipinski definition) is 1. The van der Waals surface area contributed by atoms with Crippen molar-refractivity contribution in [3.63, 3.8) is 0 Å². The van der Waals surface area contributed by atoms with Gasteiger partial charge in [0.1, 0.15) is 0 Å². The molecular formula is C16H27NO. The topological polar surface area (TPSA) is 21.3 Å². The smallest absolute Gasteiger partial charge is 0.0462 e. The standard InChI is InChI=1S/C16H27NO/c1-4-17-13-16(6-5-11-18-3)12-15-9-7-14(2)8-10-15/h7-10,16-17H,4-6,11-13H2,1-3H3. The molecule has 1 rings (SSSR count). The molecule has 18 heavy (non-hydrogen) atoms. The van der Waals surface area contributed by atoms with Gasteiger partial charge in [0.05, 0.1) is 0 Å². The van der Waals surface area contributed by atoms with Crippen molar-refractivity contribution in [2.75, 3.05) is 26.8 Å². The normalized spacial score (nSPS) is 12.6. The van der Waals surface area contributed by atoms with Gasteiger partial charge in [-0.3, -0.25) is 0 Å². The zero-order chi connectivity index (χ0) is 13.2. The molecule has 0 aliphatic heterocycles. The predicted molar refractivity (Wildman–Crippen MR) is 78.0 cm³/mol. The van der Waals surface area contributed by atoms with Crippen LogP contribution in [0.25, 0.3) is 0 Å². The van der Waals surface area contributed by atoms with E-state index >= 15 is 0 Å². The first-order valence-corrected chi connectivity index (χ1v) is 7.01. The first-order valence-electron chi connectivity index (χ1n) is 7.01. The average molecular weight is 249 g/mol.